The third-order valence-electron chi connectivity index (χ3n) is 2.51. The Balaban J connectivity index is 3.27. The molecule has 0 saturated heterocycles. The van der Waals surface area contributed by atoms with Crippen molar-refractivity contribution in [2.75, 3.05) is 0 Å². The normalized spacial score (nSPS) is 21.5. The second-order valence-corrected chi connectivity index (χ2v) is 2.91. The van der Waals surface area contributed by atoms with Gasteiger partial charge in [-0.2, -0.15) is 0 Å². The fraction of sp³-hybridized carbons (Fsp3) is 0.182. The molecule has 0 bridgehead atoms. The second kappa shape index (κ2) is 3.05. The van der Waals surface area contributed by atoms with Crippen molar-refractivity contribution in [2.24, 2.45) is 4.99 Å². The van der Waals surface area contributed by atoms with E-state index in [0.717, 1.165) is 0 Å². The predicted octanol–water partition coefficient (Wildman–Crippen LogP) is 1.84. The zero-order valence-electron chi connectivity index (χ0n) is 7.66. The van der Waals surface area contributed by atoms with E-state index in [4.69, 9.17) is 0 Å². The highest BCUT2D eigenvalue weighted by Gasteiger charge is 2.46. The van der Waals surface area contributed by atoms with Gasteiger partial charge < -0.3 is 5.32 Å². The molecule has 68 valence electrons. The van der Waals surface area contributed by atoms with Crippen molar-refractivity contribution in [1.29, 1.82) is 0 Å². The van der Waals surface area contributed by atoms with Gasteiger partial charge in [0, 0.05) is 0 Å². The maximum Gasteiger partial charge on any atom is 0.128 e. The molecule has 0 unspecified atom stereocenters. The van der Waals surface area contributed by atoms with E-state index in [1.807, 2.05) is 0 Å². The first-order valence-corrected chi connectivity index (χ1v) is 4.06. The van der Waals surface area contributed by atoms with Gasteiger partial charge in [0.25, 0.3) is 0 Å². The highest BCUT2D eigenvalue weighted by atomic mass is 15.2. The van der Waals surface area contributed by atoms with Crippen LogP contribution in [0.2, 0.25) is 0 Å². The SMILES string of the molecule is C=CC1(C=C)N=CNC1(C=C)C=C. The summed E-state index contributed by atoms with van der Waals surface area (Å²) >= 11 is 0. The minimum absolute atomic E-state index is 0.490. The van der Waals surface area contributed by atoms with Gasteiger partial charge in [-0.1, -0.05) is 24.3 Å². The molecular weight excluding hydrogens is 160 g/mol. The molecule has 0 fully saturated rings. The summed E-state index contributed by atoms with van der Waals surface area (Å²) in [6.45, 7) is 15.0. The van der Waals surface area contributed by atoms with E-state index in [0.29, 0.717) is 0 Å². The number of aliphatic imine (C=N–C) groups is 1. The van der Waals surface area contributed by atoms with Crippen LogP contribution in [-0.4, -0.2) is 17.4 Å². The van der Waals surface area contributed by atoms with Crippen LogP contribution in [0, 0.1) is 0 Å². The molecule has 1 aliphatic heterocycles. The zero-order valence-corrected chi connectivity index (χ0v) is 7.66. The maximum absolute atomic E-state index is 4.28. The third kappa shape index (κ3) is 0.985. The van der Waals surface area contributed by atoms with Crippen molar-refractivity contribution >= 4 is 6.34 Å². The van der Waals surface area contributed by atoms with Crippen LogP contribution in [0.15, 0.2) is 55.6 Å². The largest absolute Gasteiger partial charge is 0.361 e. The van der Waals surface area contributed by atoms with E-state index in [1.165, 1.54) is 0 Å². The molecule has 2 heteroatoms. The molecule has 2 nitrogen and oxygen atoms in total. The van der Waals surface area contributed by atoms with Gasteiger partial charge in [-0.15, -0.1) is 26.3 Å². The molecule has 0 saturated carbocycles. The molecule has 0 atom stereocenters. The number of hydrogen-bond acceptors (Lipinski definition) is 2. The van der Waals surface area contributed by atoms with Crippen molar-refractivity contribution in [3.63, 3.8) is 0 Å². The molecule has 1 N–H and O–H groups in total. The molecule has 0 spiro atoms. The molecule has 0 radical (unpaired) electrons. The molecule has 0 amide bonds. The standard InChI is InChI=1S/C11H14N2/c1-5-10(6-2)11(7-3,8-4)13-9-12-10/h5-9H,1-4H2,(H,12,13). The third-order valence-corrected chi connectivity index (χ3v) is 2.51. The predicted molar refractivity (Wildman–Crippen MR) is 57.9 cm³/mol. The first-order valence-electron chi connectivity index (χ1n) is 4.06. The smallest absolute Gasteiger partial charge is 0.128 e. The van der Waals surface area contributed by atoms with Crippen LogP contribution in [0.3, 0.4) is 0 Å². The van der Waals surface area contributed by atoms with Gasteiger partial charge in [0.1, 0.15) is 11.1 Å². The first kappa shape index (κ1) is 9.52. The minimum atomic E-state index is -0.559. The lowest BCUT2D eigenvalue weighted by atomic mass is 9.78. The van der Waals surface area contributed by atoms with E-state index in [2.05, 4.69) is 36.6 Å². The lowest BCUT2D eigenvalue weighted by Gasteiger charge is -2.35. The molecule has 13 heavy (non-hydrogen) atoms. The molecule has 0 aromatic heterocycles. The van der Waals surface area contributed by atoms with Crippen LogP contribution in [0.25, 0.3) is 0 Å². The monoisotopic (exact) mass is 174 g/mol. The second-order valence-electron chi connectivity index (χ2n) is 2.91. The Labute approximate surface area is 79.1 Å². The number of hydrogen-bond donors (Lipinski definition) is 1. The highest BCUT2D eigenvalue weighted by molar-refractivity contribution is 5.67. The van der Waals surface area contributed by atoms with E-state index in [-0.39, 0.29) is 0 Å². The molecule has 0 aromatic rings. The topological polar surface area (TPSA) is 24.4 Å². The van der Waals surface area contributed by atoms with Gasteiger partial charge in [0.15, 0.2) is 0 Å². The Morgan fingerprint density at radius 2 is 1.54 bits per heavy atom. The molecule has 0 aromatic carbocycles. The minimum Gasteiger partial charge on any atom is -0.361 e. The Morgan fingerprint density at radius 3 is 1.85 bits per heavy atom. The van der Waals surface area contributed by atoms with E-state index >= 15 is 0 Å². The summed E-state index contributed by atoms with van der Waals surface area (Å²) in [4.78, 5) is 4.28. The molecule has 1 aliphatic rings. The van der Waals surface area contributed by atoms with Crippen molar-refractivity contribution in [2.45, 2.75) is 11.1 Å². The summed E-state index contributed by atoms with van der Waals surface area (Å²) in [6, 6.07) is 0. The van der Waals surface area contributed by atoms with E-state index in [9.17, 15) is 0 Å². The quantitative estimate of drug-likeness (QED) is 0.646. The summed E-state index contributed by atoms with van der Waals surface area (Å²) in [6.07, 6.45) is 8.62. The number of nitrogens with one attached hydrogen (secondary N) is 1. The molecule has 1 rings (SSSR count). The van der Waals surface area contributed by atoms with E-state index in [1.54, 1.807) is 30.6 Å². The van der Waals surface area contributed by atoms with E-state index < -0.39 is 11.1 Å². The van der Waals surface area contributed by atoms with Crippen molar-refractivity contribution in [1.82, 2.24) is 5.32 Å². The lowest BCUT2D eigenvalue weighted by Crippen LogP contribution is -2.52. The van der Waals surface area contributed by atoms with Crippen molar-refractivity contribution in [3.8, 4) is 0 Å². The van der Waals surface area contributed by atoms with Crippen LogP contribution in [0.4, 0.5) is 0 Å². The summed E-state index contributed by atoms with van der Waals surface area (Å²) in [5, 5.41) is 3.09. The van der Waals surface area contributed by atoms with Crippen LogP contribution < -0.4 is 5.32 Å². The molecular formula is C11H14N2. The summed E-state index contributed by atoms with van der Waals surface area (Å²) in [7, 11) is 0. The number of nitrogens with zero attached hydrogens (tertiary/aromatic N) is 1. The highest BCUT2D eigenvalue weighted by Crippen LogP contribution is 2.34. The first-order chi connectivity index (χ1) is 6.20. The summed E-state index contributed by atoms with van der Waals surface area (Å²) in [5.74, 6) is 0. The van der Waals surface area contributed by atoms with Gasteiger partial charge in [-0.05, 0) is 0 Å². The average molecular weight is 174 g/mol. The van der Waals surface area contributed by atoms with Gasteiger partial charge in [0.2, 0.25) is 0 Å². The summed E-state index contributed by atoms with van der Waals surface area (Å²) < 4.78 is 0. The maximum atomic E-state index is 4.28. The van der Waals surface area contributed by atoms with Crippen LogP contribution >= 0.6 is 0 Å². The molecule has 0 aliphatic carbocycles. The van der Waals surface area contributed by atoms with Crippen LogP contribution in [0.1, 0.15) is 0 Å². The fourth-order valence-electron chi connectivity index (χ4n) is 1.52. The Hall–Kier alpha value is -1.57. The van der Waals surface area contributed by atoms with Crippen molar-refractivity contribution < 1.29 is 0 Å². The Bertz CT molecular complexity index is 270. The number of rotatable bonds is 4. The van der Waals surface area contributed by atoms with Crippen molar-refractivity contribution in [3.05, 3.63) is 50.6 Å². The van der Waals surface area contributed by atoms with Gasteiger partial charge >= 0.3 is 0 Å². The lowest BCUT2D eigenvalue weighted by molar-refractivity contribution is 0.476. The fourth-order valence-corrected chi connectivity index (χ4v) is 1.52. The van der Waals surface area contributed by atoms with Gasteiger partial charge in [-0.25, -0.2) is 0 Å². The Kier molecular flexibility index (Phi) is 2.24. The van der Waals surface area contributed by atoms with Crippen LogP contribution in [-0.2, 0) is 0 Å². The summed E-state index contributed by atoms with van der Waals surface area (Å²) in [5.41, 5.74) is -1.05. The Morgan fingerprint density at radius 1 is 1.00 bits per heavy atom. The van der Waals surface area contributed by atoms with Gasteiger partial charge in [-0.3, -0.25) is 4.99 Å². The average Bonchev–Trinajstić information content (AvgIpc) is 2.57. The van der Waals surface area contributed by atoms with Crippen LogP contribution in [0.5, 0.6) is 0 Å². The molecule has 1 heterocycles. The van der Waals surface area contributed by atoms with Gasteiger partial charge in [0.05, 0.1) is 6.34 Å². The zero-order chi connectivity index (χ0) is 9.95.